The second-order valence-electron chi connectivity index (χ2n) is 3.92. The van der Waals surface area contributed by atoms with Gasteiger partial charge in [-0.1, -0.05) is 0 Å². The highest BCUT2D eigenvalue weighted by Gasteiger charge is 2.08. The first kappa shape index (κ1) is 11.6. The standard InChI is InChI=1S/C12H16N4O/c1-9-3-4-11(17-9)8-16(2)12-14-6-5-10(7-13)15-12/h3-6H,7-8,13H2,1-2H3. The van der Waals surface area contributed by atoms with Gasteiger partial charge < -0.3 is 15.1 Å². The van der Waals surface area contributed by atoms with Gasteiger partial charge in [-0.3, -0.25) is 0 Å². The minimum Gasteiger partial charge on any atom is -0.464 e. The highest BCUT2D eigenvalue weighted by molar-refractivity contribution is 5.29. The van der Waals surface area contributed by atoms with Gasteiger partial charge in [0.25, 0.3) is 0 Å². The van der Waals surface area contributed by atoms with E-state index in [9.17, 15) is 0 Å². The van der Waals surface area contributed by atoms with Crippen LogP contribution in [0.5, 0.6) is 0 Å². The van der Waals surface area contributed by atoms with Crippen molar-refractivity contribution < 1.29 is 4.42 Å². The molecule has 0 bridgehead atoms. The second kappa shape index (κ2) is 4.97. The summed E-state index contributed by atoms with van der Waals surface area (Å²) in [4.78, 5) is 10.5. The van der Waals surface area contributed by atoms with Crippen LogP contribution >= 0.6 is 0 Å². The third-order valence-corrected chi connectivity index (χ3v) is 2.44. The van der Waals surface area contributed by atoms with E-state index in [2.05, 4.69) is 9.97 Å². The van der Waals surface area contributed by atoms with E-state index < -0.39 is 0 Å². The maximum atomic E-state index is 5.55. The number of aryl methyl sites for hydroxylation is 1. The summed E-state index contributed by atoms with van der Waals surface area (Å²) in [6.45, 7) is 2.99. The average Bonchev–Trinajstić information content (AvgIpc) is 2.75. The number of hydrogen-bond acceptors (Lipinski definition) is 5. The van der Waals surface area contributed by atoms with Crippen molar-refractivity contribution in [2.75, 3.05) is 11.9 Å². The Hall–Kier alpha value is -1.88. The quantitative estimate of drug-likeness (QED) is 0.864. The zero-order valence-electron chi connectivity index (χ0n) is 10.1. The highest BCUT2D eigenvalue weighted by atomic mass is 16.3. The molecule has 2 N–H and O–H groups in total. The molecule has 2 aromatic heterocycles. The predicted octanol–water partition coefficient (Wildman–Crippen LogP) is 1.47. The molecule has 0 atom stereocenters. The Morgan fingerprint density at radius 1 is 1.35 bits per heavy atom. The van der Waals surface area contributed by atoms with Crippen molar-refractivity contribution in [3.05, 3.63) is 41.6 Å². The van der Waals surface area contributed by atoms with E-state index in [0.717, 1.165) is 17.2 Å². The molecule has 17 heavy (non-hydrogen) atoms. The summed E-state index contributed by atoms with van der Waals surface area (Å²) < 4.78 is 5.51. The minimum atomic E-state index is 0.420. The van der Waals surface area contributed by atoms with Gasteiger partial charge in [0.2, 0.25) is 5.95 Å². The van der Waals surface area contributed by atoms with Crippen LogP contribution in [0.2, 0.25) is 0 Å². The Labute approximate surface area is 100 Å². The fourth-order valence-corrected chi connectivity index (χ4v) is 1.56. The summed E-state index contributed by atoms with van der Waals surface area (Å²) in [5.74, 6) is 2.46. The molecule has 2 aromatic rings. The Balaban J connectivity index is 2.11. The Morgan fingerprint density at radius 3 is 2.82 bits per heavy atom. The zero-order valence-corrected chi connectivity index (χ0v) is 10.1. The van der Waals surface area contributed by atoms with E-state index in [1.807, 2.05) is 37.1 Å². The van der Waals surface area contributed by atoms with Gasteiger partial charge >= 0.3 is 0 Å². The van der Waals surface area contributed by atoms with Crippen molar-refractivity contribution in [2.45, 2.75) is 20.0 Å². The molecule has 0 aliphatic rings. The third kappa shape index (κ3) is 2.82. The lowest BCUT2D eigenvalue weighted by atomic mass is 10.4. The maximum Gasteiger partial charge on any atom is 0.225 e. The van der Waals surface area contributed by atoms with Gasteiger partial charge in [-0.05, 0) is 25.1 Å². The molecule has 0 radical (unpaired) electrons. The Kier molecular flexibility index (Phi) is 3.39. The highest BCUT2D eigenvalue weighted by Crippen LogP contribution is 2.12. The molecule has 0 aliphatic heterocycles. The maximum absolute atomic E-state index is 5.55. The molecule has 5 nitrogen and oxygen atoms in total. The molecule has 0 fully saturated rings. The van der Waals surface area contributed by atoms with Crippen LogP contribution in [0.1, 0.15) is 17.2 Å². The summed E-state index contributed by atoms with van der Waals surface area (Å²) >= 11 is 0. The van der Waals surface area contributed by atoms with E-state index in [1.165, 1.54) is 0 Å². The normalized spacial score (nSPS) is 10.5. The Bertz CT molecular complexity index is 495. The lowest BCUT2D eigenvalue weighted by Crippen LogP contribution is -2.19. The van der Waals surface area contributed by atoms with Crippen molar-refractivity contribution in [1.82, 2.24) is 9.97 Å². The van der Waals surface area contributed by atoms with Gasteiger partial charge in [-0.2, -0.15) is 0 Å². The monoisotopic (exact) mass is 232 g/mol. The van der Waals surface area contributed by atoms with Crippen molar-refractivity contribution in [3.8, 4) is 0 Å². The summed E-state index contributed by atoms with van der Waals surface area (Å²) in [7, 11) is 1.92. The predicted molar refractivity (Wildman–Crippen MR) is 65.5 cm³/mol. The zero-order chi connectivity index (χ0) is 12.3. The number of anilines is 1. The topological polar surface area (TPSA) is 68.2 Å². The fourth-order valence-electron chi connectivity index (χ4n) is 1.56. The summed E-state index contributed by atoms with van der Waals surface area (Å²) in [5, 5.41) is 0. The molecule has 0 aliphatic carbocycles. The molecule has 0 aromatic carbocycles. The molecular weight excluding hydrogens is 216 g/mol. The van der Waals surface area contributed by atoms with Gasteiger partial charge in [0.05, 0.1) is 12.2 Å². The summed E-state index contributed by atoms with van der Waals surface area (Å²) in [6.07, 6.45) is 1.72. The van der Waals surface area contributed by atoms with Crippen molar-refractivity contribution in [2.24, 2.45) is 5.73 Å². The van der Waals surface area contributed by atoms with E-state index in [-0.39, 0.29) is 0 Å². The molecule has 0 amide bonds. The third-order valence-electron chi connectivity index (χ3n) is 2.44. The van der Waals surface area contributed by atoms with E-state index in [4.69, 9.17) is 10.2 Å². The molecule has 0 spiro atoms. The van der Waals surface area contributed by atoms with Crippen LogP contribution in [-0.4, -0.2) is 17.0 Å². The van der Waals surface area contributed by atoms with Gasteiger partial charge in [-0.25, -0.2) is 9.97 Å². The first-order valence-corrected chi connectivity index (χ1v) is 5.47. The van der Waals surface area contributed by atoms with E-state index >= 15 is 0 Å². The Morgan fingerprint density at radius 2 is 2.18 bits per heavy atom. The molecule has 0 unspecified atom stereocenters. The van der Waals surface area contributed by atoms with Crippen molar-refractivity contribution in [3.63, 3.8) is 0 Å². The fraction of sp³-hybridized carbons (Fsp3) is 0.333. The van der Waals surface area contributed by atoms with Crippen LogP contribution in [-0.2, 0) is 13.1 Å². The molecule has 5 heteroatoms. The molecular formula is C12H16N4O. The first-order chi connectivity index (χ1) is 8.19. The lowest BCUT2D eigenvalue weighted by Gasteiger charge is -2.15. The lowest BCUT2D eigenvalue weighted by molar-refractivity contribution is 0.480. The van der Waals surface area contributed by atoms with Gasteiger partial charge in [0.15, 0.2) is 0 Å². The average molecular weight is 232 g/mol. The van der Waals surface area contributed by atoms with Crippen molar-refractivity contribution >= 4 is 5.95 Å². The molecule has 2 heterocycles. The number of rotatable bonds is 4. The molecule has 90 valence electrons. The minimum absolute atomic E-state index is 0.420. The van der Waals surface area contributed by atoms with E-state index in [0.29, 0.717) is 19.0 Å². The van der Waals surface area contributed by atoms with Crippen LogP contribution in [0, 0.1) is 6.92 Å². The van der Waals surface area contributed by atoms with Crippen LogP contribution < -0.4 is 10.6 Å². The summed E-state index contributed by atoms with van der Waals surface area (Å²) in [6, 6.07) is 5.72. The van der Waals surface area contributed by atoms with Gasteiger partial charge in [0, 0.05) is 19.8 Å². The number of furan rings is 1. The number of nitrogens with two attached hydrogens (primary N) is 1. The SMILES string of the molecule is Cc1ccc(CN(C)c2nccc(CN)n2)o1. The largest absolute Gasteiger partial charge is 0.464 e. The van der Waals surface area contributed by atoms with Crippen LogP contribution in [0.4, 0.5) is 5.95 Å². The number of nitrogens with zero attached hydrogens (tertiary/aromatic N) is 3. The van der Waals surface area contributed by atoms with Crippen LogP contribution in [0.3, 0.4) is 0 Å². The van der Waals surface area contributed by atoms with Gasteiger partial charge in [-0.15, -0.1) is 0 Å². The van der Waals surface area contributed by atoms with Crippen LogP contribution in [0.15, 0.2) is 28.8 Å². The molecule has 0 saturated carbocycles. The van der Waals surface area contributed by atoms with Crippen LogP contribution in [0.25, 0.3) is 0 Å². The molecule has 2 rings (SSSR count). The summed E-state index contributed by atoms with van der Waals surface area (Å²) in [5.41, 5.74) is 6.38. The second-order valence-corrected chi connectivity index (χ2v) is 3.92. The van der Waals surface area contributed by atoms with E-state index in [1.54, 1.807) is 6.20 Å². The first-order valence-electron chi connectivity index (χ1n) is 5.47. The van der Waals surface area contributed by atoms with Gasteiger partial charge in [0.1, 0.15) is 11.5 Å². The van der Waals surface area contributed by atoms with Crippen molar-refractivity contribution in [1.29, 1.82) is 0 Å². The smallest absolute Gasteiger partial charge is 0.225 e. The number of hydrogen-bond donors (Lipinski definition) is 1. The number of aromatic nitrogens is 2. The molecule has 0 saturated heterocycles.